The summed E-state index contributed by atoms with van der Waals surface area (Å²) in [5.41, 5.74) is 6.17. The molecule has 0 fully saturated rings. The van der Waals surface area contributed by atoms with Gasteiger partial charge in [-0.25, -0.2) is 0 Å². The molecule has 0 aliphatic rings. The van der Waals surface area contributed by atoms with E-state index >= 15 is 0 Å². The Balaban J connectivity index is 2.03. The van der Waals surface area contributed by atoms with Crippen LogP contribution in [0.3, 0.4) is 0 Å². The van der Waals surface area contributed by atoms with E-state index in [1.54, 1.807) is 12.1 Å². The van der Waals surface area contributed by atoms with Gasteiger partial charge in [0.1, 0.15) is 0 Å². The van der Waals surface area contributed by atoms with Crippen molar-refractivity contribution < 1.29 is 9.90 Å². The number of Topliss-reactive ketones (excluding diaryl/α,β-unsaturated/α-hetero) is 1. The van der Waals surface area contributed by atoms with E-state index in [-0.39, 0.29) is 17.2 Å². The van der Waals surface area contributed by atoms with Crippen LogP contribution in [0.15, 0.2) is 18.2 Å². The molecule has 3 nitrogen and oxygen atoms in total. The number of carbonyl (C=O) groups is 1. The number of carbonyl (C=O) groups excluding carboxylic acids is 1. The van der Waals surface area contributed by atoms with Crippen molar-refractivity contribution in [2.75, 3.05) is 5.73 Å². The van der Waals surface area contributed by atoms with Crippen LogP contribution in [-0.4, -0.2) is 5.78 Å². The number of anilines is 1. The van der Waals surface area contributed by atoms with Crippen LogP contribution in [0.1, 0.15) is 94.3 Å². The number of para-hydroxylation sites is 1. The summed E-state index contributed by atoms with van der Waals surface area (Å²) >= 11 is 0. The first-order valence-corrected chi connectivity index (χ1v) is 9.25. The fourth-order valence-corrected chi connectivity index (χ4v) is 2.87. The highest BCUT2D eigenvalue weighted by Gasteiger charge is 2.12. The van der Waals surface area contributed by atoms with E-state index in [1.807, 2.05) is 0 Å². The van der Waals surface area contributed by atoms with E-state index < -0.39 is 0 Å². The lowest BCUT2D eigenvalue weighted by atomic mass is 10.0. The number of benzene rings is 1. The molecular weight excluding hydrogens is 286 g/mol. The van der Waals surface area contributed by atoms with Gasteiger partial charge in [-0.3, -0.25) is 9.90 Å². The van der Waals surface area contributed by atoms with Crippen molar-refractivity contribution in [2.45, 2.75) is 84.0 Å². The Morgan fingerprint density at radius 3 is 1.96 bits per heavy atom. The zero-order valence-electron chi connectivity index (χ0n) is 14.6. The van der Waals surface area contributed by atoms with Crippen LogP contribution < -0.4 is 5.73 Å². The number of ketones is 1. The van der Waals surface area contributed by atoms with Crippen molar-refractivity contribution in [1.82, 2.24) is 0 Å². The van der Waals surface area contributed by atoms with Crippen LogP contribution >= 0.6 is 0 Å². The Labute approximate surface area is 141 Å². The minimum Gasteiger partial charge on any atom is -0.395 e. The molecule has 0 atom stereocenters. The minimum atomic E-state index is -0.255. The van der Waals surface area contributed by atoms with Gasteiger partial charge in [-0.05, 0) is 18.6 Å². The number of nitrogen functional groups attached to an aromatic ring is 1. The predicted octanol–water partition coefficient (Wildman–Crippen LogP) is 6.30. The van der Waals surface area contributed by atoms with Crippen molar-refractivity contribution in [3.05, 3.63) is 23.8 Å². The maximum atomic E-state index is 12.1. The molecule has 0 saturated heterocycles. The summed E-state index contributed by atoms with van der Waals surface area (Å²) in [5, 5.41) is 11.4. The fourth-order valence-electron chi connectivity index (χ4n) is 2.87. The molecule has 23 heavy (non-hydrogen) atoms. The third-order valence-corrected chi connectivity index (χ3v) is 4.37. The van der Waals surface area contributed by atoms with Crippen LogP contribution in [0.2, 0.25) is 0 Å². The van der Waals surface area contributed by atoms with Gasteiger partial charge in [-0.1, -0.05) is 77.2 Å². The number of hydrogen-bond acceptors (Lipinski definition) is 2. The van der Waals surface area contributed by atoms with Gasteiger partial charge in [0.15, 0.2) is 5.78 Å². The lowest BCUT2D eigenvalue weighted by Crippen LogP contribution is -2.03. The third kappa shape index (κ3) is 8.06. The summed E-state index contributed by atoms with van der Waals surface area (Å²) in [7, 11) is 0. The lowest BCUT2D eigenvalue weighted by Gasteiger charge is -2.05. The highest BCUT2D eigenvalue weighted by molar-refractivity contribution is 6.01. The molecule has 0 unspecified atom stereocenters. The van der Waals surface area contributed by atoms with E-state index in [2.05, 4.69) is 6.92 Å². The van der Waals surface area contributed by atoms with E-state index in [9.17, 15) is 9.90 Å². The molecule has 2 N–H and O–H groups in total. The number of rotatable bonds is 13. The second-order valence-electron chi connectivity index (χ2n) is 6.43. The quantitative estimate of drug-likeness (QED) is 0.263. The topological polar surface area (TPSA) is 63.0 Å². The summed E-state index contributed by atoms with van der Waals surface area (Å²) in [6.45, 7) is 2.25. The largest absolute Gasteiger partial charge is 0.395 e. The Kier molecular flexibility index (Phi) is 10.2. The molecule has 0 heterocycles. The van der Waals surface area contributed by atoms with Crippen molar-refractivity contribution in [1.29, 1.82) is 0 Å². The molecule has 0 spiro atoms. The molecule has 0 saturated carbocycles. The SMILES string of the molecule is CCCCCCCCCCCCCC(=O)c1cccc([O])c1N. The van der Waals surface area contributed by atoms with E-state index in [0.29, 0.717) is 12.0 Å². The predicted molar refractivity (Wildman–Crippen MR) is 96.4 cm³/mol. The number of nitrogens with two attached hydrogens (primary N) is 1. The first kappa shape index (κ1) is 19.5. The fraction of sp³-hybridized carbons (Fsp3) is 0.650. The molecule has 1 aromatic rings. The Morgan fingerprint density at radius 1 is 0.870 bits per heavy atom. The molecule has 0 aliphatic carbocycles. The zero-order chi connectivity index (χ0) is 16.9. The van der Waals surface area contributed by atoms with Gasteiger partial charge in [-0.15, -0.1) is 0 Å². The standard InChI is InChI=1S/C20H32NO2/c1-2-3-4-5-6-7-8-9-10-11-12-15-18(22)17-14-13-16-19(23)20(17)21/h13-14,16H,2-12,15,21H2,1H3. The molecule has 0 aromatic heterocycles. The van der Waals surface area contributed by atoms with Gasteiger partial charge < -0.3 is 5.73 Å². The van der Waals surface area contributed by atoms with E-state index in [0.717, 1.165) is 12.8 Å². The summed E-state index contributed by atoms with van der Waals surface area (Å²) in [6.07, 6.45) is 14.4. The maximum absolute atomic E-state index is 12.1. The molecule has 0 amide bonds. The van der Waals surface area contributed by atoms with E-state index in [4.69, 9.17) is 5.73 Å². The zero-order valence-corrected chi connectivity index (χ0v) is 14.6. The molecule has 129 valence electrons. The second-order valence-corrected chi connectivity index (χ2v) is 6.43. The van der Waals surface area contributed by atoms with Gasteiger partial charge >= 0.3 is 0 Å². The van der Waals surface area contributed by atoms with Gasteiger partial charge in [0.2, 0.25) is 5.75 Å². The Hall–Kier alpha value is -1.51. The number of unbranched alkanes of at least 4 members (excludes halogenated alkanes) is 10. The highest BCUT2D eigenvalue weighted by Crippen LogP contribution is 2.25. The second kappa shape index (κ2) is 12.0. The normalized spacial score (nSPS) is 10.8. The maximum Gasteiger partial charge on any atom is 0.202 e. The molecule has 0 bridgehead atoms. The molecule has 0 aliphatic heterocycles. The first-order valence-electron chi connectivity index (χ1n) is 9.25. The summed E-state index contributed by atoms with van der Waals surface area (Å²) in [5.74, 6) is -0.258. The molecule has 1 radical (unpaired) electrons. The summed E-state index contributed by atoms with van der Waals surface area (Å²) in [6, 6.07) is 4.65. The van der Waals surface area contributed by atoms with Crippen molar-refractivity contribution >= 4 is 11.5 Å². The van der Waals surface area contributed by atoms with Gasteiger partial charge in [-0.2, -0.15) is 0 Å². The van der Waals surface area contributed by atoms with Crippen molar-refractivity contribution in [2.24, 2.45) is 0 Å². The molecular formula is C20H32NO2. The Morgan fingerprint density at radius 2 is 1.39 bits per heavy atom. The van der Waals surface area contributed by atoms with Crippen LogP contribution in [0, 0.1) is 0 Å². The monoisotopic (exact) mass is 318 g/mol. The van der Waals surface area contributed by atoms with Gasteiger partial charge in [0.25, 0.3) is 0 Å². The molecule has 1 aromatic carbocycles. The van der Waals surface area contributed by atoms with Crippen molar-refractivity contribution in [3.63, 3.8) is 0 Å². The molecule has 3 heteroatoms. The third-order valence-electron chi connectivity index (χ3n) is 4.37. The average molecular weight is 318 g/mol. The van der Waals surface area contributed by atoms with Crippen molar-refractivity contribution in [3.8, 4) is 5.75 Å². The van der Waals surface area contributed by atoms with E-state index in [1.165, 1.54) is 63.9 Å². The number of hydrogen-bond donors (Lipinski definition) is 1. The highest BCUT2D eigenvalue weighted by atomic mass is 16.3. The van der Waals surface area contributed by atoms with Crippen LogP contribution in [-0.2, 0) is 5.11 Å². The molecule has 1 rings (SSSR count). The van der Waals surface area contributed by atoms with Gasteiger partial charge in [0.05, 0.1) is 5.69 Å². The smallest absolute Gasteiger partial charge is 0.202 e. The summed E-state index contributed by atoms with van der Waals surface area (Å²) < 4.78 is 0. The van der Waals surface area contributed by atoms with Crippen LogP contribution in [0.5, 0.6) is 5.75 Å². The van der Waals surface area contributed by atoms with Crippen LogP contribution in [0.25, 0.3) is 0 Å². The first-order chi connectivity index (χ1) is 11.2. The summed E-state index contributed by atoms with van der Waals surface area (Å²) in [4.78, 5) is 12.1. The van der Waals surface area contributed by atoms with Crippen LogP contribution in [0.4, 0.5) is 5.69 Å². The minimum absolute atomic E-state index is 0.00359. The average Bonchev–Trinajstić information content (AvgIpc) is 2.55. The Bertz CT molecular complexity index is 457. The van der Waals surface area contributed by atoms with Gasteiger partial charge in [0, 0.05) is 12.0 Å². The lowest BCUT2D eigenvalue weighted by molar-refractivity contribution is 0.0979.